The fourth-order valence-corrected chi connectivity index (χ4v) is 3.96. The van der Waals surface area contributed by atoms with E-state index in [2.05, 4.69) is 10.6 Å². The van der Waals surface area contributed by atoms with Crippen molar-refractivity contribution >= 4 is 17.8 Å². The second-order valence-electron chi connectivity index (χ2n) is 6.70. The van der Waals surface area contributed by atoms with Crippen molar-refractivity contribution in [2.45, 2.75) is 49.9 Å². The predicted molar refractivity (Wildman–Crippen MR) is 80.4 cm³/mol. The average Bonchev–Trinajstić information content (AvgIpc) is 3.16. The number of amides is 4. The Hall–Kier alpha value is -1.70. The summed E-state index contributed by atoms with van der Waals surface area (Å²) in [6.45, 7) is 0.218. The van der Waals surface area contributed by atoms with Gasteiger partial charge in [-0.1, -0.05) is 12.8 Å². The van der Waals surface area contributed by atoms with Crippen molar-refractivity contribution in [2.75, 3.05) is 26.7 Å². The lowest BCUT2D eigenvalue weighted by molar-refractivity contribution is -0.139. The molecule has 2 heterocycles. The Kier molecular flexibility index (Phi) is 4.27. The van der Waals surface area contributed by atoms with Crippen LogP contribution in [-0.4, -0.2) is 72.1 Å². The van der Waals surface area contributed by atoms with Gasteiger partial charge in [-0.05, 0) is 19.9 Å². The first-order valence-electron chi connectivity index (χ1n) is 8.19. The van der Waals surface area contributed by atoms with E-state index in [-0.39, 0.29) is 37.4 Å². The van der Waals surface area contributed by atoms with Gasteiger partial charge in [0.1, 0.15) is 18.3 Å². The van der Waals surface area contributed by atoms with Crippen LogP contribution in [0.25, 0.3) is 0 Å². The van der Waals surface area contributed by atoms with Crippen molar-refractivity contribution in [3.05, 3.63) is 0 Å². The van der Waals surface area contributed by atoms with Gasteiger partial charge < -0.3 is 15.5 Å². The molecule has 128 valence electrons. The number of likely N-dealkylation sites (tertiary alicyclic amines) is 1. The van der Waals surface area contributed by atoms with Crippen LogP contribution in [-0.2, 0) is 9.59 Å². The van der Waals surface area contributed by atoms with E-state index in [1.807, 2.05) is 0 Å². The lowest BCUT2D eigenvalue weighted by atomic mass is 9.98. The van der Waals surface area contributed by atoms with E-state index < -0.39 is 17.7 Å². The minimum Gasteiger partial charge on any atom is -0.334 e. The quantitative estimate of drug-likeness (QED) is 0.713. The molecule has 4 amide bonds. The fraction of sp³-hybridized carbons (Fsp3) is 0.800. The van der Waals surface area contributed by atoms with E-state index in [4.69, 9.17) is 0 Å². The Morgan fingerprint density at radius 2 is 2.09 bits per heavy atom. The summed E-state index contributed by atoms with van der Waals surface area (Å²) in [6.07, 6.45) is 2.28. The molecule has 7 nitrogen and oxygen atoms in total. The molecule has 8 heteroatoms. The van der Waals surface area contributed by atoms with E-state index in [1.54, 1.807) is 7.05 Å². The number of alkyl halides is 1. The van der Waals surface area contributed by atoms with Crippen molar-refractivity contribution in [1.82, 2.24) is 20.4 Å². The molecular weight excluding hydrogens is 303 g/mol. The number of urea groups is 1. The molecule has 0 aromatic carbocycles. The lowest BCUT2D eigenvalue weighted by Gasteiger charge is -2.26. The number of hydrogen-bond donors (Lipinski definition) is 2. The minimum atomic E-state index is -1.05. The zero-order valence-electron chi connectivity index (χ0n) is 13.3. The topological polar surface area (TPSA) is 81.8 Å². The number of rotatable bonds is 4. The number of halogens is 1. The van der Waals surface area contributed by atoms with E-state index >= 15 is 0 Å². The average molecular weight is 326 g/mol. The van der Waals surface area contributed by atoms with Gasteiger partial charge in [-0.25, -0.2) is 9.18 Å². The number of imide groups is 1. The molecule has 3 rings (SSSR count). The molecule has 1 saturated carbocycles. The largest absolute Gasteiger partial charge is 0.334 e. The first-order valence-corrected chi connectivity index (χ1v) is 8.19. The third kappa shape index (κ3) is 2.80. The smallest absolute Gasteiger partial charge is 0.325 e. The summed E-state index contributed by atoms with van der Waals surface area (Å²) in [5.74, 6) is -0.682. The summed E-state index contributed by atoms with van der Waals surface area (Å²) >= 11 is 0. The maximum atomic E-state index is 13.6. The summed E-state index contributed by atoms with van der Waals surface area (Å²) in [5, 5.41) is 5.70. The number of hydrogen-bond acceptors (Lipinski definition) is 4. The normalized spacial score (nSPS) is 29.7. The molecule has 2 saturated heterocycles. The highest BCUT2D eigenvalue weighted by atomic mass is 19.1. The molecule has 2 N–H and O–H groups in total. The third-order valence-corrected chi connectivity index (χ3v) is 5.12. The number of carbonyl (C=O) groups is 3. The van der Waals surface area contributed by atoms with Gasteiger partial charge in [0.15, 0.2) is 0 Å². The van der Waals surface area contributed by atoms with Crippen LogP contribution in [0, 0.1) is 0 Å². The van der Waals surface area contributed by atoms with Gasteiger partial charge in [0.2, 0.25) is 5.91 Å². The highest BCUT2D eigenvalue weighted by Crippen LogP contribution is 2.35. The molecule has 1 aliphatic carbocycles. The molecule has 0 aromatic rings. The number of nitrogens with zero attached hydrogens (tertiary/aromatic N) is 2. The van der Waals surface area contributed by atoms with Gasteiger partial charge in [0.25, 0.3) is 5.91 Å². The van der Waals surface area contributed by atoms with E-state index in [9.17, 15) is 18.8 Å². The maximum absolute atomic E-state index is 13.6. The van der Waals surface area contributed by atoms with Gasteiger partial charge in [-0.2, -0.15) is 0 Å². The summed E-state index contributed by atoms with van der Waals surface area (Å²) in [7, 11) is 1.75. The second-order valence-corrected chi connectivity index (χ2v) is 6.70. The fourth-order valence-electron chi connectivity index (χ4n) is 3.96. The first kappa shape index (κ1) is 16.2. The third-order valence-electron chi connectivity index (χ3n) is 5.12. The Morgan fingerprint density at radius 3 is 2.74 bits per heavy atom. The monoisotopic (exact) mass is 326 g/mol. The SMILES string of the molecule is CNC[C@@H]1C[C@H](F)CN1C(=O)CN1C(=O)NC2(CCCC2)C1=O. The molecule has 0 bridgehead atoms. The van der Waals surface area contributed by atoms with Gasteiger partial charge in [0, 0.05) is 19.0 Å². The van der Waals surface area contributed by atoms with Gasteiger partial charge in [-0.3, -0.25) is 14.5 Å². The van der Waals surface area contributed by atoms with Crippen molar-refractivity contribution < 1.29 is 18.8 Å². The summed E-state index contributed by atoms with van der Waals surface area (Å²) in [6, 6.07) is -0.741. The summed E-state index contributed by atoms with van der Waals surface area (Å²) in [5.41, 5.74) is -0.810. The van der Waals surface area contributed by atoms with Crippen LogP contribution in [0.5, 0.6) is 0 Å². The predicted octanol–water partition coefficient (Wildman–Crippen LogP) is 0.00940. The van der Waals surface area contributed by atoms with Crippen molar-refractivity contribution in [3.8, 4) is 0 Å². The van der Waals surface area contributed by atoms with Crippen LogP contribution < -0.4 is 10.6 Å². The van der Waals surface area contributed by atoms with Crippen molar-refractivity contribution in [2.24, 2.45) is 0 Å². The maximum Gasteiger partial charge on any atom is 0.325 e. The molecule has 0 radical (unpaired) electrons. The Balaban J connectivity index is 1.68. The van der Waals surface area contributed by atoms with Crippen molar-refractivity contribution in [1.29, 1.82) is 0 Å². The van der Waals surface area contributed by atoms with Crippen LogP contribution >= 0.6 is 0 Å². The molecular formula is C15H23FN4O3. The molecule has 0 aromatic heterocycles. The Bertz CT molecular complexity index is 521. The van der Waals surface area contributed by atoms with E-state index in [1.165, 1.54) is 4.90 Å². The summed E-state index contributed by atoms with van der Waals surface area (Å²) in [4.78, 5) is 39.6. The minimum absolute atomic E-state index is 0.0278. The molecule has 2 atom stereocenters. The van der Waals surface area contributed by atoms with Crippen LogP contribution in [0.4, 0.5) is 9.18 Å². The van der Waals surface area contributed by atoms with Gasteiger partial charge in [-0.15, -0.1) is 0 Å². The van der Waals surface area contributed by atoms with Crippen molar-refractivity contribution in [3.63, 3.8) is 0 Å². The Morgan fingerprint density at radius 1 is 1.39 bits per heavy atom. The zero-order chi connectivity index (χ0) is 16.6. The second kappa shape index (κ2) is 6.07. The van der Waals surface area contributed by atoms with Crippen LogP contribution in [0.2, 0.25) is 0 Å². The molecule has 2 aliphatic heterocycles. The highest BCUT2D eigenvalue weighted by molar-refractivity contribution is 6.09. The molecule has 0 unspecified atom stereocenters. The highest BCUT2D eigenvalue weighted by Gasteiger charge is 2.53. The molecule has 3 aliphatic rings. The summed E-state index contributed by atoms with van der Waals surface area (Å²) < 4.78 is 13.6. The van der Waals surface area contributed by atoms with Crippen LogP contribution in [0.15, 0.2) is 0 Å². The Labute approximate surface area is 134 Å². The number of carbonyl (C=O) groups excluding carboxylic acids is 3. The van der Waals surface area contributed by atoms with E-state index in [0.29, 0.717) is 19.4 Å². The number of nitrogens with one attached hydrogen (secondary N) is 2. The van der Waals surface area contributed by atoms with Crippen LogP contribution in [0.3, 0.4) is 0 Å². The van der Waals surface area contributed by atoms with E-state index in [0.717, 1.165) is 17.7 Å². The van der Waals surface area contributed by atoms with Gasteiger partial charge in [0.05, 0.1) is 6.54 Å². The molecule has 3 fully saturated rings. The first-order chi connectivity index (χ1) is 11.0. The van der Waals surface area contributed by atoms with Gasteiger partial charge >= 0.3 is 6.03 Å². The number of likely N-dealkylation sites (N-methyl/N-ethyl adjacent to an activating group) is 1. The molecule has 1 spiro atoms. The molecule has 23 heavy (non-hydrogen) atoms. The standard InChI is InChI=1S/C15H23FN4O3/c1-17-7-11-6-10(16)8-19(11)12(21)9-20-13(22)15(18-14(20)23)4-2-3-5-15/h10-11,17H,2-9H2,1H3,(H,18,23)/t10-,11-/m0/s1. The zero-order valence-corrected chi connectivity index (χ0v) is 13.3. The van der Waals surface area contributed by atoms with Crippen LogP contribution in [0.1, 0.15) is 32.1 Å². The lowest BCUT2D eigenvalue weighted by Crippen LogP contribution is -2.48.